The van der Waals surface area contributed by atoms with E-state index in [-0.39, 0.29) is 6.04 Å². The number of hydrogen-bond donors (Lipinski definition) is 1. The molecule has 96 valence electrons. The van der Waals surface area contributed by atoms with Crippen LogP contribution in [0.15, 0.2) is 18.2 Å². The minimum atomic E-state index is 0.289. The number of likely N-dealkylation sites (N-methyl/N-ethyl adjacent to an activating group) is 1. The molecule has 1 heterocycles. The van der Waals surface area contributed by atoms with Crippen molar-refractivity contribution in [1.29, 1.82) is 5.26 Å². The highest BCUT2D eigenvalue weighted by atomic mass is 15.3. The summed E-state index contributed by atoms with van der Waals surface area (Å²) in [5.74, 6) is 0. The van der Waals surface area contributed by atoms with Gasteiger partial charge in [-0.25, -0.2) is 0 Å². The summed E-state index contributed by atoms with van der Waals surface area (Å²) in [6.45, 7) is 5.56. The highest BCUT2D eigenvalue weighted by molar-refractivity contribution is 5.61. The van der Waals surface area contributed by atoms with E-state index >= 15 is 0 Å². The van der Waals surface area contributed by atoms with E-state index in [0.29, 0.717) is 6.54 Å². The fraction of sp³-hybridized carbons (Fsp3) is 0.500. The smallest absolute Gasteiger partial charge is 0.101 e. The van der Waals surface area contributed by atoms with Crippen molar-refractivity contribution < 1.29 is 0 Å². The van der Waals surface area contributed by atoms with Crippen LogP contribution in [0.2, 0.25) is 0 Å². The molecule has 1 unspecified atom stereocenters. The molecule has 0 radical (unpaired) electrons. The van der Waals surface area contributed by atoms with E-state index in [9.17, 15) is 5.26 Å². The van der Waals surface area contributed by atoms with Gasteiger partial charge in [-0.3, -0.25) is 0 Å². The molecule has 0 bridgehead atoms. The predicted molar refractivity (Wildman–Crippen MR) is 73.6 cm³/mol. The van der Waals surface area contributed by atoms with E-state index in [1.165, 1.54) is 5.56 Å². The number of piperazine rings is 1. The molecule has 1 aliphatic rings. The van der Waals surface area contributed by atoms with Gasteiger partial charge in [0.1, 0.15) is 6.07 Å². The summed E-state index contributed by atoms with van der Waals surface area (Å²) < 4.78 is 0. The number of aryl methyl sites for hydroxylation is 1. The molecule has 4 nitrogen and oxygen atoms in total. The van der Waals surface area contributed by atoms with E-state index < -0.39 is 0 Å². The lowest BCUT2D eigenvalue weighted by Crippen LogP contribution is -2.55. The molecule has 1 fully saturated rings. The third kappa shape index (κ3) is 2.47. The first kappa shape index (κ1) is 12.9. The van der Waals surface area contributed by atoms with Crippen molar-refractivity contribution in [3.05, 3.63) is 29.3 Å². The van der Waals surface area contributed by atoms with Gasteiger partial charge in [0, 0.05) is 26.2 Å². The Hall–Kier alpha value is -1.57. The lowest BCUT2D eigenvalue weighted by molar-refractivity contribution is 0.269. The van der Waals surface area contributed by atoms with Gasteiger partial charge >= 0.3 is 0 Å². The van der Waals surface area contributed by atoms with Crippen LogP contribution in [0.1, 0.15) is 11.1 Å². The summed E-state index contributed by atoms with van der Waals surface area (Å²) in [6, 6.07) is 8.54. The summed E-state index contributed by atoms with van der Waals surface area (Å²) in [7, 11) is 2.11. The van der Waals surface area contributed by atoms with E-state index in [1.807, 2.05) is 12.1 Å². The highest BCUT2D eigenvalue weighted by Crippen LogP contribution is 2.25. The van der Waals surface area contributed by atoms with Crippen LogP contribution >= 0.6 is 0 Å². The molecular weight excluding hydrogens is 224 g/mol. The number of hydrogen-bond acceptors (Lipinski definition) is 4. The Morgan fingerprint density at radius 1 is 1.44 bits per heavy atom. The third-order valence-electron chi connectivity index (χ3n) is 3.54. The van der Waals surface area contributed by atoms with Crippen LogP contribution < -0.4 is 10.6 Å². The fourth-order valence-electron chi connectivity index (χ4n) is 2.50. The van der Waals surface area contributed by atoms with Crippen LogP contribution in [0.5, 0.6) is 0 Å². The molecule has 1 aromatic carbocycles. The van der Waals surface area contributed by atoms with Gasteiger partial charge in [-0.1, -0.05) is 6.07 Å². The molecule has 0 amide bonds. The summed E-state index contributed by atoms with van der Waals surface area (Å²) in [5.41, 5.74) is 8.82. The molecule has 1 aliphatic heterocycles. The van der Waals surface area contributed by atoms with Crippen molar-refractivity contribution in [1.82, 2.24) is 4.90 Å². The molecule has 0 aromatic heterocycles. The first-order valence-corrected chi connectivity index (χ1v) is 6.31. The standard InChI is InChI=1S/C14H20N4/c1-11-3-4-12(8-15)14(7-11)18-6-5-17(2)10-13(18)9-16/h3-4,7,13H,5-6,9-10,16H2,1-2H3. The average Bonchev–Trinajstić information content (AvgIpc) is 2.38. The summed E-state index contributed by atoms with van der Waals surface area (Å²) >= 11 is 0. The first-order valence-electron chi connectivity index (χ1n) is 6.31. The van der Waals surface area contributed by atoms with Gasteiger partial charge in [-0.2, -0.15) is 5.26 Å². The highest BCUT2D eigenvalue weighted by Gasteiger charge is 2.25. The minimum Gasteiger partial charge on any atom is -0.364 e. The van der Waals surface area contributed by atoms with Crippen molar-refractivity contribution in [3.63, 3.8) is 0 Å². The van der Waals surface area contributed by atoms with Crippen molar-refractivity contribution in [2.75, 3.05) is 38.1 Å². The second-order valence-electron chi connectivity index (χ2n) is 4.98. The van der Waals surface area contributed by atoms with Crippen LogP contribution in [0, 0.1) is 18.3 Å². The van der Waals surface area contributed by atoms with Gasteiger partial charge in [-0.05, 0) is 31.7 Å². The van der Waals surface area contributed by atoms with Crippen molar-refractivity contribution in [2.24, 2.45) is 5.73 Å². The van der Waals surface area contributed by atoms with Gasteiger partial charge in [0.25, 0.3) is 0 Å². The largest absolute Gasteiger partial charge is 0.364 e. The maximum atomic E-state index is 9.23. The number of benzene rings is 1. The quantitative estimate of drug-likeness (QED) is 0.841. The molecule has 1 aromatic rings. The lowest BCUT2D eigenvalue weighted by Gasteiger charge is -2.41. The Morgan fingerprint density at radius 2 is 2.22 bits per heavy atom. The van der Waals surface area contributed by atoms with Crippen LogP contribution in [-0.2, 0) is 0 Å². The molecule has 1 atom stereocenters. The fourth-order valence-corrected chi connectivity index (χ4v) is 2.50. The van der Waals surface area contributed by atoms with E-state index in [2.05, 4.69) is 35.9 Å². The van der Waals surface area contributed by atoms with E-state index in [1.54, 1.807) is 0 Å². The van der Waals surface area contributed by atoms with Crippen LogP contribution in [0.25, 0.3) is 0 Å². The van der Waals surface area contributed by atoms with Gasteiger partial charge in [-0.15, -0.1) is 0 Å². The second-order valence-corrected chi connectivity index (χ2v) is 4.98. The molecule has 2 rings (SSSR count). The number of nitrogens with zero attached hydrogens (tertiary/aromatic N) is 3. The Bertz CT molecular complexity index is 463. The molecule has 1 saturated heterocycles. The van der Waals surface area contributed by atoms with Crippen molar-refractivity contribution in [3.8, 4) is 6.07 Å². The zero-order valence-corrected chi connectivity index (χ0v) is 11.1. The van der Waals surface area contributed by atoms with Crippen LogP contribution in [0.3, 0.4) is 0 Å². The van der Waals surface area contributed by atoms with Gasteiger partial charge in [0.2, 0.25) is 0 Å². The van der Waals surface area contributed by atoms with Gasteiger partial charge < -0.3 is 15.5 Å². The SMILES string of the molecule is Cc1ccc(C#N)c(N2CCN(C)CC2CN)c1. The molecule has 0 aliphatic carbocycles. The molecule has 2 N–H and O–H groups in total. The van der Waals surface area contributed by atoms with Crippen LogP contribution in [-0.4, -0.2) is 44.2 Å². The Labute approximate surface area is 109 Å². The maximum Gasteiger partial charge on any atom is 0.101 e. The Balaban J connectivity index is 2.35. The molecular formula is C14H20N4. The lowest BCUT2D eigenvalue weighted by atomic mass is 10.1. The van der Waals surface area contributed by atoms with Crippen molar-refractivity contribution in [2.45, 2.75) is 13.0 Å². The third-order valence-corrected chi connectivity index (χ3v) is 3.54. The normalized spacial score (nSPS) is 20.8. The summed E-state index contributed by atoms with van der Waals surface area (Å²) in [6.07, 6.45) is 0. The monoisotopic (exact) mass is 244 g/mol. The Kier molecular flexibility index (Phi) is 3.85. The Morgan fingerprint density at radius 3 is 2.89 bits per heavy atom. The molecule has 18 heavy (non-hydrogen) atoms. The predicted octanol–water partition coefficient (Wildman–Crippen LogP) is 0.946. The number of rotatable bonds is 2. The number of anilines is 1. The second kappa shape index (κ2) is 5.38. The van der Waals surface area contributed by atoms with Crippen molar-refractivity contribution >= 4 is 5.69 Å². The topological polar surface area (TPSA) is 56.3 Å². The minimum absolute atomic E-state index is 0.289. The van der Waals surface area contributed by atoms with Gasteiger partial charge in [0.15, 0.2) is 0 Å². The maximum absolute atomic E-state index is 9.23. The van der Waals surface area contributed by atoms with E-state index in [4.69, 9.17) is 5.73 Å². The van der Waals surface area contributed by atoms with Crippen LogP contribution in [0.4, 0.5) is 5.69 Å². The van der Waals surface area contributed by atoms with E-state index in [0.717, 1.165) is 30.9 Å². The average molecular weight is 244 g/mol. The molecule has 4 heteroatoms. The number of nitrogens with two attached hydrogens (primary N) is 1. The first-order chi connectivity index (χ1) is 8.65. The molecule has 0 spiro atoms. The zero-order chi connectivity index (χ0) is 13.1. The summed E-state index contributed by atoms with van der Waals surface area (Å²) in [5, 5.41) is 9.23. The summed E-state index contributed by atoms with van der Waals surface area (Å²) in [4.78, 5) is 4.57. The van der Waals surface area contributed by atoms with Gasteiger partial charge in [0.05, 0.1) is 17.3 Å². The molecule has 0 saturated carbocycles. The number of nitriles is 1. The zero-order valence-electron chi connectivity index (χ0n) is 11.1.